The van der Waals surface area contributed by atoms with Gasteiger partial charge in [0.2, 0.25) is 11.8 Å². The third-order valence-corrected chi connectivity index (χ3v) is 6.34. The van der Waals surface area contributed by atoms with E-state index in [2.05, 4.69) is 5.32 Å². The predicted octanol–water partition coefficient (Wildman–Crippen LogP) is 2.56. The van der Waals surface area contributed by atoms with Crippen LogP contribution in [0.1, 0.15) is 39.2 Å². The molecule has 2 fully saturated rings. The molecule has 1 aromatic carbocycles. The lowest BCUT2D eigenvalue weighted by molar-refractivity contribution is -0.153. The fourth-order valence-corrected chi connectivity index (χ4v) is 4.65. The van der Waals surface area contributed by atoms with Crippen LogP contribution in [-0.4, -0.2) is 53.0 Å². The highest BCUT2D eigenvalue weighted by molar-refractivity contribution is 6.09. The van der Waals surface area contributed by atoms with Crippen LogP contribution in [0.25, 0.3) is 6.08 Å². The van der Waals surface area contributed by atoms with Gasteiger partial charge in [0.1, 0.15) is 11.3 Å². The monoisotopic (exact) mass is 414 g/mol. The van der Waals surface area contributed by atoms with E-state index in [1.807, 2.05) is 37.3 Å². The SMILES string of the molecule is CCCCN1C(=O)C2C(/C=C\c3ccc(OC)cc3)NC(C(=O)O)(C(C)C)C2C1=O. The highest BCUT2D eigenvalue weighted by atomic mass is 16.5. The van der Waals surface area contributed by atoms with Crippen LogP contribution in [-0.2, 0) is 14.4 Å². The maximum Gasteiger partial charge on any atom is 0.325 e. The summed E-state index contributed by atoms with van der Waals surface area (Å²) in [7, 11) is 1.60. The number of fused-ring (bicyclic) bond motifs is 1. The number of carbonyl (C=O) groups excluding carboxylic acids is 2. The van der Waals surface area contributed by atoms with Crippen molar-refractivity contribution in [2.75, 3.05) is 13.7 Å². The summed E-state index contributed by atoms with van der Waals surface area (Å²) in [5, 5.41) is 13.3. The first kappa shape index (κ1) is 22.0. The number of carboxylic acids is 1. The number of methoxy groups -OCH3 is 1. The zero-order chi connectivity index (χ0) is 22.1. The zero-order valence-corrected chi connectivity index (χ0v) is 17.9. The van der Waals surface area contributed by atoms with Crippen LogP contribution in [0.4, 0.5) is 0 Å². The molecule has 2 saturated heterocycles. The minimum atomic E-state index is -1.48. The van der Waals surface area contributed by atoms with E-state index in [4.69, 9.17) is 4.74 Å². The van der Waals surface area contributed by atoms with E-state index in [0.29, 0.717) is 13.0 Å². The average Bonchev–Trinajstić information content (AvgIpc) is 3.20. The van der Waals surface area contributed by atoms with Crippen molar-refractivity contribution in [3.8, 4) is 5.75 Å². The maximum atomic E-state index is 13.2. The molecule has 2 aliphatic heterocycles. The van der Waals surface area contributed by atoms with Crippen LogP contribution in [0.15, 0.2) is 30.3 Å². The molecule has 2 heterocycles. The molecule has 0 saturated carbocycles. The molecular formula is C23H30N2O5. The van der Waals surface area contributed by atoms with Crippen molar-refractivity contribution in [3.63, 3.8) is 0 Å². The van der Waals surface area contributed by atoms with Crippen molar-refractivity contribution in [1.82, 2.24) is 10.2 Å². The van der Waals surface area contributed by atoms with Gasteiger partial charge in [0, 0.05) is 12.6 Å². The smallest absolute Gasteiger partial charge is 0.325 e. The van der Waals surface area contributed by atoms with Gasteiger partial charge in [-0.05, 0) is 30.0 Å². The van der Waals surface area contributed by atoms with E-state index in [1.165, 1.54) is 4.90 Å². The summed E-state index contributed by atoms with van der Waals surface area (Å²) in [4.78, 5) is 40.0. The molecule has 30 heavy (non-hydrogen) atoms. The molecule has 7 nitrogen and oxygen atoms in total. The molecule has 0 spiro atoms. The van der Waals surface area contributed by atoms with Crippen LogP contribution >= 0.6 is 0 Å². The Balaban J connectivity index is 1.97. The Hall–Kier alpha value is -2.67. The van der Waals surface area contributed by atoms with E-state index < -0.39 is 29.4 Å². The number of carbonyl (C=O) groups is 3. The van der Waals surface area contributed by atoms with Crippen LogP contribution < -0.4 is 10.1 Å². The molecule has 1 aromatic rings. The quantitative estimate of drug-likeness (QED) is 0.635. The number of carboxylic acid groups (broad SMARTS) is 1. The van der Waals surface area contributed by atoms with Gasteiger partial charge in [-0.25, -0.2) is 0 Å². The number of hydrogen-bond acceptors (Lipinski definition) is 5. The minimum Gasteiger partial charge on any atom is -0.497 e. The molecule has 4 unspecified atom stereocenters. The summed E-state index contributed by atoms with van der Waals surface area (Å²) in [6.45, 7) is 5.88. The van der Waals surface area contributed by atoms with E-state index in [-0.39, 0.29) is 17.7 Å². The van der Waals surface area contributed by atoms with Gasteiger partial charge >= 0.3 is 5.97 Å². The highest BCUT2D eigenvalue weighted by Gasteiger charge is 2.68. The first-order valence-corrected chi connectivity index (χ1v) is 10.5. The molecule has 2 N–H and O–H groups in total. The van der Waals surface area contributed by atoms with Crippen molar-refractivity contribution in [2.24, 2.45) is 17.8 Å². The van der Waals surface area contributed by atoms with Crippen molar-refractivity contribution in [1.29, 1.82) is 0 Å². The number of amides is 2. The second-order valence-corrected chi connectivity index (χ2v) is 8.32. The largest absolute Gasteiger partial charge is 0.497 e. The molecule has 2 aliphatic rings. The molecule has 4 atom stereocenters. The molecule has 7 heteroatoms. The Morgan fingerprint density at radius 1 is 1.27 bits per heavy atom. The Bertz CT molecular complexity index is 848. The molecule has 0 aliphatic carbocycles. The number of unbranched alkanes of at least 4 members (excludes halogenated alkanes) is 1. The second-order valence-electron chi connectivity index (χ2n) is 8.32. The van der Waals surface area contributed by atoms with Gasteiger partial charge in [0.05, 0.1) is 18.9 Å². The van der Waals surface area contributed by atoms with Gasteiger partial charge in [-0.15, -0.1) is 0 Å². The Morgan fingerprint density at radius 3 is 2.47 bits per heavy atom. The van der Waals surface area contributed by atoms with Crippen LogP contribution in [0.3, 0.4) is 0 Å². The lowest BCUT2D eigenvalue weighted by atomic mass is 9.73. The predicted molar refractivity (Wildman–Crippen MR) is 113 cm³/mol. The van der Waals surface area contributed by atoms with Crippen LogP contribution in [0.2, 0.25) is 0 Å². The number of ether oxygens (including phenoxy) is 1. The van der Waals surface area contributed by atoms with E-state index in [0.717, 1.165) is 17.7 Å². The van der Waals surface area contributed by atoms with Gasteiger partial charge in [0.15, 0.2) is 0 Å². The number of nitrogens with zero attached hydrogens (tertiary/aromatic N) is 1. The third-order valence-electron chi connectivity index (χ3n) is 6.34. The number of hydrogen-bond donors (Lipinski definition) is 2. The summed E-state index contributed by atoms with van der Waals surface area (Å²) >= 11 is 0. The summed E-state index contributed by atoms with van der Waals surface area (Å²) < 4.78 is 5.16. The summed E-state index contributed by atoms with van der Waals surface area (Å²) in [5.74, 6) is -3.01. The lowest BCUT2D eigenvalue weighted by Gasteiger charge is -2.34. The standard InChI is InChI=1S/C23H30N2O5/c1-5-6-13-25-20(26)18-17(12-9-15-7-10-16(30-4)11-8-15)24-23(14(2)3,22(28)29)19(18)21(25)27/h7-12,14,17-19,24H,5-6,13H2,1-4H3,(H,28,29)/b12-9-. The van der Waals surface area contributed by atoms with Gasteiger partial charge in [0.25, 0.3) is 0 Å². The first-order valence-electron chi connectivity index (χ1n) is 10.5. The van der Waals surface area contributed by atoms with Gasteiger partial charge in [-0.2, -0.15) is 0 Å². The topological polar surface area (TPSA) is 95.9 Å². The molecule has 162 valence electrons. The van der Waals surface area contributed by atoms with Crippen molar-refractivity contribution in [3.05, 3.63) is 35.9 Å². The van der Waals surface area contributed by atoms with Gasteiger partial charge < -0.3 is 9.84 Å². The highest BCUT2D eigenvalue weighted by Crippen LogP contribution is 2.47. The summed E-state index contributed by atoms with van der Waals surface area (Å²) in [5.41, 5.74) is -0.584. The van der Waals surface area contributed by atoms with Crippen molar-refractivity contribution >= 4 is 23.9 Å². The number of aliphatic carboxylic acids is 1. The maximum absolute atomic E-state index is 13.2. The third kappa shape index (κ3) is 3.51. The van der Waals surface area contributed by atoms with Gasteiger partial charge in [-0.1, -0.05) is 51.5 Å². The number of rotatable bonds is 8. The van der Waals surface area contributed by atoms with E-state index in [9.17, 15) is 19.5 Å². The molecule has 2 amide bonds. The number of benzene rings is 1. The first-order chi connectivity index (χ1) is 14.3. The van der Waals surface area contributed by atoms with Crippen LogP contribution in [0.5, 0.6) is 5.75 Å². The number of imide groups is 1. The normalized spacial score (nSPS) is 28.6. The molecule has 0 radical (unpaired) electrons. The molecule has 0 aromatic heterocycles. The molecular weight excluding hydrogens is 384 g/mol. The average molecular weight is 415 g/mol. The van der Waals surface area contributed by atoms with Crippen molar-refractivity contribution < 1.29 is 24.2 Å². The Labute approximate surface area is 177 Å². The fourth-order valence-electron chi connectivity index (χ4n) is 4.65. The zero-order valence-electron chi connectivity index (χ0n) is 17.9. The summed E-state index contributed by atoms with van der Waals surface area (Å²) in [6.07, 6.45) is 5.21. The van der Waals surface area contributed by atoms with E-state index in [1.54, 1.807) is 27.0 Å². The van der Waals surface area contributed by atoms with Gasteiger partial charge in [-0.3, -0.25) is 24.6 Å². The minimum absolute atomic E-state index is 0.279. The lowest BCUT2D eigenvalue weighted by Crippen LogP contribution is -2.60. The Kier molecular flexibility index (Phi) is 6.31. The number of nitrogens with one attached hydrogen (secondary N) is 1. The Morgan fingerprint density at radius 2 is 1.93 bits per heavy atom. The second kappa shape index (κ2) is 8.60. The number of likely N-dealkylation sites (tertiary alicyclic amines) is 1. The van der Waals surface area contributed by atoms with Crippen molar-refractivity contribution in [2.45, 2.75) is 45.2 Å². The molecule has 3 rings (SSSR count). The fraction of sp³-hybridized carbons (Fsp3) is 0.522. The molecule has 0 bridgehead atoms. The van der Waals surface area contributed by atoms with Crippen LogP contribution in [0, 0.1) is 17.8 Å². The summed E-state index contributed by atoms with van der Waals surface area (Å²) in [6, 6.07) is 6.88. The van der Waals surface area contributed by atoms with E-state index >= 15 is 0 Å².